The molecule has 0 N–H and O–H groups in total. The normalized spacial score (nSPS) is 23.7. The van der Waals surface area contributed by atoms with Gasteiger partial charge in [0.2, 0.25) is 11.8 Å². The first kappa shape index (κ1) is 17.0. The fraction of sp³-hybridized carbons (Fsp3) is 0.474. The van der Waals surface area contributed by atoms with Gasteiger partial charge in [-0.25, -0.2) is 0 Å². The number of nitrogens with zero attached hydrogens (tertiary/aromatic N) is 4. The van der Waals surface area contributed by atoms with Gasteiger partial charge in [-0.2, -0.15) is 10.5 Å². The van der Waals surface area contributed by atoms with Gasteiger partial charge in [0.05, 0.1) is 12.1 Å². The van der Waals surface area contributed by atoms with E-state index in [1.54, 1.807) is 23.6 Å². The topological polar surface area (TPSA) is 88.2 Å². The summed E-state index contributed by atoms with van der Waals surface area (Å²) in [4.78, 5) is 28.4. The lowest BCUT2D eigenvalue weighted by molar-refractivity contribution is -0.132. The van der Waals surface area contributed by atoms with Crippen molar-refractivity contribution in [2.45, 2.75) is 25.7 Å². The van der Waals surface area contributed by atoms with Crippen LogP contribution in [0.1, 0.15) is 25.8 Å². The Balaban J connectivity index is 1.92. The van der Waals surface area contributed by atoms with Crippen LogP contribution in [0, 0.1) is 34.5 Å². The molecule has 6 nitrogen and oxygen atoms in total. The van der Waals surface area contributed by atoms with Crippen LogP contribution in [0.15, 0.2) is 24.3 Å². The second-order valence-corrected chi connectivity index (χ2v) is 6.93. The van der Waals surface area contributed by atoms with Gasteiger partial charge in [-0.3, -0.25) is 9.59 Å². The number of rotatable bonds is 2. The minimum absolute atomic E-state index is 0.160. The van der Waals surface area contributed by atoms with Gasteiger partial charge >= 0.3 is 0 Å². The summed E-state index contributed by atoms with van der Waals surface area (Å²) in [5.41, 5.74) is 1.57. The average Bonchev–Trinajstić information content (AvgIpc) is 3.22. The molecule has 128 valence electrons. The molecule has 1 aromatic rings. The lowest BCUT2D eigenvalue weighted by Gasteiger charge is -2.26. The first-order valence-corrected chi connectivity index (χ1v) is 8.42. The maximum absolute atomic E-state index is 12.6. The number of anilines is 1. The molecule has 0 aromatic heterocycles. The molecule has 2 aliphatic rings. The van der Waals surface area contributed by atoms with E-state index in [0.717, 1.165) is 17.7 Å². The van der Waals surface area contributed by atoms with Crippen LogP contribution in [0.25, 0.3) is 0 Å². The van der Waals surface area contributed by atoms with Crippen LogP contribution < -0.4 is 4.90 Å². The van der Waals surface area contributed by atoms with Gasteiger partial charge in [0.15, 0.2) is 0 Å². The molecule has 0 radical (unpaired) electrons. The molecule has 2 aliphatic heterocycles. The Labute approximate surface area is 147 Å². The second kappa shape index (κ2) is 6.22. The van der Waals surface area contributed by atoms with Gasteiger partial charge in [0, 0.05) is 30.7 Å². The summed E-state index contributed by atoms with van der Waals surface area (Å²) in [7, 11) is 0. The summed E-state index contributed by atoms with van der Waals surface area (Å²) < 4.78 is 0. The number of hydrogen-bond donors (Lipinski definition) is 0. The van der Waals surface area contributed by atoms with Gasteiger partial charge in [0.25, 0.3) is 0 Å². The summed E-state index contributed by atoms with van der Waals surface area (Å²) in [6.45, 7) is 4.77. The molecule has 3 rings (SSSR count). The Morgan fingerprint density at radius 2 is 1.72 bits per heavy atom. The Kier molecular flexibility index (Phi) is 4.22. The van der Waals surface area contributed by atoms with E-state index in [0.29, 0.717) is 19.6 Å². The highest BCUT2D eigenvalue weighted by Gasteiger charge is 2.50. The summed E-state index contributed by atoms with van der Waals surface area (Å²) in [6, 6.07) is 11.7. The van der Waals surface area contributed by atoms with Gasteiger partial charge in [-0.1, -0.05) is 18.2 Å². The molecule has 3 unspecified atom stereocenters. The number of para-hydroxylation sites is 1. The molecule has 6 heteroatoms. The number of carbonyl (C=O) groups is 2. The van der Waals surface area contributed by atoms with Gasteiger partial charge in [-0.05, 0) is 31.9 Å². The summed E-state index contributed by atoms with van der Waals surface area (Å²) in [5, 5.41) is 18.1. The minimum Gasteiger partial charge on any atom is -0.341 e. The van der Waals surface area contributed by atoms with Crippen molar-refractivity contribution in [1.82, 2.24) is 4.90 Å². The number of likely N-dealkylation sites (tertiary alicyclic amines) is 1. The zero-order valence-electron chi connectivity index (χ0n) is 14.4. The lowest BCUT2D eigenvalue weighted by Crippen LogP contribution is -2.42. The lowest BCUT2D eigenvalue weighted by atomic mass is 9.81. The summed E-state index contributed by atoms with van der Waals surface area (Å²) in [5.74, 6) is -1.74. The van der Waals surface area contributed by atoms with Crippen LogP contribution in [0.4, 0.5) is 5.69 Å². The molecule has 1 fully saturated rings. The van der Waals surface area contributed by atoms with E-state index in [4.69, 9.17) is 10.5 Å². The molecular formula is C19H20N4O2. The Hall–Kier alpha value is -2.86. The molecule has 2 heterocycles. The predicted octanol–water partition coefficient (Wildman–Crippen LogP) is 1.82. The second-order valence-electron chi connectivity index (χ2n) is 6.93. The SMILES string of the molecule is CC(C#N)C(=O)N1CCC2(C1)CN(C(=O)C(C)C#N)c1ccccc12. The zero-order chi connectivity index (χ0) is 18.2. The molecule has 1 saturated heterocycles. The molecule has 0 aliphatic carbocycles. The van der Waals surface area contributed by atoms with E-state index in [1.165, 1.54) is 0 Å². The molecular weight excluding hydrogens is 316 g/mol. The molecule has 25 heavy (non-hydrogen) atoms. The number of amides is 2. The molecule has 1 spiro atoms. The van der Waals surface area contributed by atoms with Crippen molar-refractivity contribution in [3.8, 4) is 12.1 Å². The van der Waals surface area contributed by atoms with Crippen LogP contribution in [0.5, 0.6) is 0 Å². The van der Waals surface area contributed by atoms with Gasteiger partial charge in [-0.15, -0.1) is 0 Å². The highest BCUT2D eigenvalue weighted by Crippen LogP contribution is 2.46. The first-order chi connectivity index (χ1) is 11.9. The van der Waals surface area contributed by atoms with Crippen molar-refractivity contribution in [2.24, 2.45) is 11.8 Å². The number of nitriles is 2. The third-order valence-corrected chi connectivity index (χ3v) is 5.29. The molecule has 0 bridgehead atoms. The molecule has 0 saturated carbocycles. The Bertz CT molecular complexity index is 806. The Morgan fingerprint density at radius 3 is 2.40 bits per heavy atom. The third-order valence-electron chi connectivity index (χ3n) is 5.29. The standard InChI is InChI=1S/C19H20N4O2/c1-13(9-20)17(24)22-8-7-19(11-22)12-23(18(25)14(2)10-21)16-6-4-3-5-15(16)19/h3-6,13-14H,7-8,11-12H2,1-2H3. The first-order valence-electron chi connectivity index (χ1n) is 8.42. The molecule has 2 amide bonds. The van der Waals surface area contributed by atoms with E-state index in [2.05, 4.69) is 0 Å². The smallest absolute Gasteiger partial charge is 0.244 e. The molecule has 1 aromatic carbocycles. The van der Waals surface area contributed by atoms with Crippen molar-refractivity contribution in [3.05, 3.63) is 29.8 Å². The molecule has 3 atom stereocenters. The largest absolute Gasteiger partial charge is 0.341 e. The van der Waals surface area contributed by atoms with Crippen LogP contribution in [-0.4, -0.2) is 36.3 Å². The summed E-state index contributed by atoms with van der Waals surface area (Å²) >= 11 is 0. The number of benzene rings is 1. The average molecular weight is 336 g/mol. The quantitative estimate of drug-likeness (QED) is 0.824. The van der Waals surface area contributed by atoms with Crippen molar-refractivity contribution >= 4 is 17.5 Å². The predicted molar refractivity (Wildman–Crippen MR) is 91.2 cm³/mol. The van der Waals surface area contributed by atoms with Gasteiger partial charge < -0.3 is 9.80 Å². The van der Waals surface area contributed by atoms with E-state index < -0.39 is 11.8 Å². The number of fused-ring (bicyclic) bond motifs is 2. The van der Waals surface area contributed by atoms with Crippen molar-refractivity contribution < 1.29 is 9.59 Å². The minimum atomic E-state index is -0.707. The highest BCUT2D eigenvalue weighted by atomic mass is 16.2. The Morgan fingerprint density at radius 1 is 1.08 bits per heavy atom. The van der Waals surface area contributed by atoms with Crippen LogP contribution in [0.2, 0.25) is 0 Å². The summed E-state index contributed by atoms with van der Waals surface area (Å²) in [6.07, 6.45) is 0.749. The maximum Gasteiger partial charge on any atom is 0.244 e. The monoisotopic (exact) mass is 336 g/mol. The van der Waals surface area contributed by atoms with Crippen molar-refractivity contribution in [1.29, 1.82) is 10.5 Å². The van der Waals surface area contributed by atoms with Crippen LogP contribution >= 0.6 is 0 Å². The van der Waals surface area contributed by atoms with Crippen LogP contribution in [-0.2, 0) is 15.0 Å². The van der Waals surface area contributed by atoms with Crippen molar-refractivity contribution in [3.63, 3.8) is 0 Å². The van der Waals surface area contributed by atoms with E-state index in [1.807, 2.05) is 36.4 Å². The fourth-order valence-corrected chi connectivity index (χ4v) is 3.85. The number of hydrogen-bond acceptors (Lipinski definition) is 4. The highest BCUT2D eigenvalue weighted by molar-refractivity contribution is 5.99. The van der Waals surface area contributed by atoms with Crippen LogP contribution in [0.3, 0.4) is 0 Å². The van der Waals surface area contributed by atoms with E-state index in [-0.39, 0.29) is 17.2 Å². The zero-order valence-corrected chi connectivity index (χ0v) is 14.4. The maximum atomic E-state index is 12.6. The fourth-order valence-electron chi connectivity index (χ4n) is 3.85. The van der Waals surface area contributed by atoms with Gasteiger partial charge in [0.1, 0.15) is 11.8 Å². The third kappa shape index (κ3) is 2.64. The van der Waals surface area contributed by atoms with E-state index >= 15 is 0 Å². The van der Waals surface area contributed by atoms with Crippen molar-refractivity contribution in [2.75, 3.05) is 24.5 Å². The number of carbonyl (C=O) groups excluding carboxylic acids is 2. The van der Waals surface area contributed by atoms with E-state index in [9.17, 15) is 9.59 Å².